The van der Waals surface area contributed by atoms with Gasteiger partial charge in [-0.3, -0.25) is 9.59 Å². The maximum atomic E-state index is 12.6. The lowest BCUT2D eigenvalue weighted by Gasteiger charge is -2.18. The Morgan fingerprint density at radius 2 is 1.43 bits per heavy atom. The molecule has 3 aromatic carbocycles. The van der Waals surface area contributed by atoms with Gasteiger partial charge in [-0.15, -0.1) is 0 Å². The number of benzene rings is 3. The first kappa shape index (κ1) is 26.7. The van der Waals surface area contributed by atoms with Crippen molar-refractivity contribution in [2.24, 2.45) is 0 Å². The van der Waals surface area contributed by atoms with E-state index in [-0.39, 0.29) is 36.4 Å². The summed E-state index contributed by atoms with van der Waals surface area (Å²) < 4.78 is 0. The van der Waals surface area contributed by atoms with E-state index in [1.807, 2.05) is 30.3 Å². The topological polar surface area (TPSA) is 157 Å². The molecule has 2 unspecified atom stereocenters. The zero-order chi connectivity index (χ0) is 26.8. The standard InChI is InChI=1S/C27H28N4O6/c1-17(19-7-3-2-4-8-19)30-27(37)29-16-23(26(35)36)31-25(34)21-12-10-20(11-13-21)24(33)28-15-18-6-5-9-22(32)14-18/h2-14,17,23,32H,15-16H2,1H3,(H,28,33)(H,31,34)(H,35,36)(H2,29,30,37). The van der Waals surface area contributed by atoms with Crippen molar-refractivity contribution in [3.63, 3.8) is 0 Å². The van der Waals surface area contributed by atoms with E-state index in [9.17, 15) is 29.4 Å². The van der Waals surface area contributed by atoms with Crippen LogP contribution < -0.4 is 21.3 Å². The molecule has 10 heteroatoms. The zero-order valence-corrected chi connectivity index (χ0v) is 20.1. The molecule has 0 saturated heterocycles. The summed E-state index contributed by atoms with van der Waals surface area (Å²) in [6.07, 6.45) is 0. The Hall–Kier alpha value is -4.86. The van der Waals surface area contributed by atoms with Crippen LogP contribution in [-0.4, -0.2) is 46.6 Å². The molecule has 0 spiro atoms. The number of aromatic hydroxyl groups is 1. The molecule has 2 atom stereocenters. The lowest BCUT2D eigenvalue weighted by atomic mass is 10.1. The molecule has 10 nitrogen and oxygen atoms in total. The minimum Gasteiger partial charge on any atom is -0.508 e. The Bertz CT molecular complexity index is 1250. The molecule has 6 N–H and O–H groups in total. The highest BCUT2D eigenvalue weighted by Gasteiger charge is 2.22. The quantitative estimate of drug-likeness (QED) is 0.249. The first-order valence-corrected chi connectivity index (χ1v) is 11.5. The fourth-order valence-corrected chi connectivity index (χ4v) is 3.43. The van der Waals surface area contributed by atoms with Crippen LogP contribution >= 0.6 is 0 Å². The summed E-state index contributed by atoms with van der Waals surface area (Å²) in [5.74, 6) is -2.26. The first-order chi connectivity index (χ1) is 17.7. The van der Waals surface area contributed by atoms with Crippen molar-refractivity contribution < 1.29 is 29.4 Å². The minimum absolute atomic E-state index is 0.0966. The molecule has 0 aliphatic heterocycles. The molecule has 37 heavy (non-hydrogen) atoms. The van der Waals surface area contributed by atoms with Crippen molar-refractivity contribution in [3.8, 4) is 5.75 Å². The van der Waals surface area contributed by atoms with E-state index in [1.54, 1.807) is 19.1 Å². The van der Waals surface area contributed by atoms with Crippen molar-refractivity contribution in [2.45, 2.75) is 25.6 Å². The molecule has 0 bridgehead atoms. The van der Waals surface area contributed by atoms with E-state index in [2.05, 4.69) is 21.3 Å². The van der Waals surface area contributed by atoms with Gasteiger partial charge in [0.1, 0.15) is 11.8 Å². The Balaban J connectivity index is 1.50. The summed E-state index contributed by atoms with van der Waals surface area (Å²) in [5.41, 5.74) is 2.06. The van der Waals surface area contributed by atoms with Crippen LogP contribution in [0, 0.1) is 0 Å². The minimum atomic E-state index is -1.37. The van der Waals surface area contributed by atoms with Gasteiger partial charge in [0.25, 0.3) is 11.8 Å². The van der Waals surface area contributed by atoms with Crippen LogP contribution in [0.3, 0.4) is 0 Å². The molecule has 0 radical (unpaired) electrons. The van der Waals surface area contributed by atoms with Crippen LogP contribution in [0.15, 0.2) is 78.9 Å². The van der Waals surface area contributed by atoms with E-state index < -0.39 is 23.9 Å². The number of amides is 4. The number of phenolic OH excluding ortho intramolecular Hbond substituents is 1. The summed E-state index contributed by atoms with van der Waals surface area (Å²) in [7, 11) is 0. The largest absolute Gasteiger partial charge is 0.508 e. The maximum absolute atomic E-state index is 12.6. The van der Waals surface area contributed by atoms with Crippen LogP contribution in [-0.2, 0) is 11.3 Å². The molecule has 3 rings (SSSR count). The van der Waals surface area contributed by atoms with Crippen LogP contribution in [0.5, 0.6) is 5.75 Å². The average molecular weight is 505 g/mol. The molecule has 192 valence electrons. The molecule has 0 saturated carbocycles. The molecule has 4 amide bonds. The van der Waals surface area contributed by atoms with Gasteiger partial charge in [-0.25, -0.2) is 9.59 Å². The van der Waals surface area contributed by atoms with Crippen molar-refractivity contribution in [1.82, 2.24) is 21.3 Å². The number of carboxylic acids is 1. The Morgan fingerprint density at radius 1 is 0.784 bits per heavy atom. The van der Waals surface area contributed by atoms with Gasteiger partial charge in [-0.2, -0.15) is 0 Å². The maximum Gasteiger partial charge on any atom is 0.328 e. The van der Waals surface area contributed by atoms with Crippen LogP contribution in [0.2, 0.25) is 0 Å². The molecule has 3 aromatic rings. The van der Waals surface area contributed by atoms with E-state index in [0.717, 1.165) is 11.1 Å². The summed E-state index contributed by atoms with van der Waals surface area (Å²) in [5, 5.41) is 29.2. The number of carbonyl (C=O) groups is 4. The van der Waals surface area contributed by atoms with Gasteiger partial charge in [0.2, 0.25) is 0 Å². The number of carbonyl (C=O) groups excluding carboxylic acids is 3. The lowest BCUT2D eigenvalue weighted by Crippen LogP contribution is -2.50. The van der Waals surface area contributed by atoms with Gasteiger partial charge in [-0.1, -0.05) is 42.5 Å². The number of nitrogens with one attached hydrogen (secondary N) is 4. The first-order valence-electron chi connectivity index (χ1n) is 11.5. The van der Waals surface area contributed by atoms with Gasteiger partial charge in [-0.05, 0) is 54.4 Å². The van der Waals surface area contributed by atoms with Crippen LogP contribution in [0.25, 0.3) is 0 Å². The highest BCUT2D eigenvalue weighted by Crippen LogP contribution is 2.12. The molecular weight excluding hydrogens is 476 g/mol. The third-order valence-corrected chi connectivity index (χ3v) is 5.49. The van der Waals surface area contributed by atoms with Crippen molar-refractivity contribution in [3.05, 3.63) is 101 Å². The predicted molar refractivity (Wildman–Crippen MR) is 136 cm³/mol. The van der Waals surface area contributed by atoms with E-state index in [4.69, 9.17) is 0 Å². The number of carboxylic acid groups (broad SMARTS) is 1. The van der Waals surface area contributed by atoms with Crippen LogP contribution in [0.4, 0.5) is 4.79 Å². The third kappa shape index (κ3) is 8.10. The highest BCUT2D eigenvalue weighted by molar-refractivity contribution is 5.99. The van der Waals surface area contributed by atoms with Crippen molar-refractivity contribution in [1.29, 1.82) is 0 Å². The van der Waals surface area contributed by atoms with Crippen LogP contribution in [0.1, 0.15) is 44.8 Å². The number of aliphatic carboxylic acids is 1. The number of urea groups is 1. The van der Waals surface area contributed by atoms with E-state index in [0.29, 0.717) is 5.56 Å². The molecule has 0 aliphatic carbocycles. The zero-order valence-electron chi connectivity index (χ0n) is 20.1. The number of hydrogen-bond donors (Lipinski definition) is 6. The molecule has 0 fully saturated rings. The Morgan fingerprint density at radius 3 is 2.05 bits per heavy atom. The molecule has 0 heterocycles. The summed E-state index contributed by atoms with van der Waals surface area (Å²) in [6.45, 7) is 1.67. The molecule has 0 aromatic heterocycles. The van der Waals surface area contributed by atoms with E-state index >= 15 is 0 Å². The number of rotatable bonds is 10. The lowest BCUT2D eigenvalue weighted by molar-refractivity contribution is -0.139. The summed E-state index contributed by atoms with van der Waals surface area (Å²) in [4.78, 5) is 48.7. The smallest absolute Gasteiger partial charge is 0.328 e. The molecule has 0 aliphatic rings. The monoisotopic (exact) mass is 504 g/mol. The van der Waals surface area contributed by atoms with Gasteiger partial charge in [0.15, 0.2) is 0 Å². The Kier molecular flexibility index (Phi) is 9.20. The number of phenols is 1. The fraction of sp³-hybridized carbons (Fsp3) is 0.185. The van der Waals surface area contributed by atoms with Gasteiger partial charge < -0.3 is 31.5 Å². The van der Waals surface area contributed by atoms with E-state index in [1.165, 1.54) is 36.4 Å². The second-order valence-electron chi connectivity index (χ2n) is 8.28. The molecular formula is C27H28N4O6. The second-order valence-corrected chi connectivity index (χ2v) is 8.28. The average Bonchev–Trinajstić information content (AvgIpc) is 2.90. The second kappa shape index (κ2) is 12.7. The highest BCUT2D eigenvalue weighted by atomic mass is 16.4. The van der Waals surface area contributed by atoms with Gasteiger partial charge in [0.05, 0.1) is 12.6 Å². The van der Waals surface area contributed by atoms with Gasteiger partial charge >= 0.3 is 12.0 Å². The van der Waals surface area contributed by atoms with Crippen molar-refractivity contribution >= 4 is 23.8 Å². The predicted octanol–water partition coefficient (Wildman–Crippen LogP) is 2.57. The summed E-state index contributed by atoms with van der Waals surface area (Å²) >= 11 is 0. The normalized spacial score (nSPS) is 12.0. The number of hydrogen-bond acceptors (Lipinski definition) is 5. The Labute approximate surface area is 213 Å². The SMILES string of the molecule is CC(NC(=O)NCC(NC(=O)c1ccc(C(=O)NCc2cccc(O)c2)cc1)C(=O)O)c1ccccc1. The third-order valence-electron chi connectivity index (χ3n) is 5.49. The van der Waals surface area contributed by atoms with Gasteiger partial charge in [0, 0.05) is 17.7 Å². The fourth-order valence-electron chi connectivity index (χ4n) is 3.43. The van der Waals surface area contributed by atoms with Crippen molar-refractivity contribution in [2.75, 3.05) is 6.54 Å². The summed E-state index contributed by atoms with van der Waals surface area (Å²) in [6, 6.07) is 19.2.